The SMILES string of the molecule is O=C(O)C1CCC(=O)N(Cc2ncccn2)C1. The Kier molecular flexibility index (Phi) is 3.32. The average molecular weight is 235 g/mol. The molecule has 6 heteroatoms. The van der Waals surface area contributed by atoms with E-state index in [0.29, 0.717) is 12.2 Å². The number of hydrogen-bond donors (Lipinski definition) is 1. The van der Waals surface area contributed by atoms with Gasteiger partial charge in [-0.3, -0.25) is 9.59 Å². The molecule has 1 aromatic rings. The number of carboxylic acids is 1. The molecule has 17 heavy (non-hydrogen) atoms. The van der Waals surface area contributed by atoms with E-state index in [1.807, 2.05) is 0 Å². The van der Waals surface area contributed by atoms with E-state index < -0.39 is 11.9 Å². The van der Waals surface area contributed by atoms with Crippen LogP contribution in [0.1, 0.15) is 18.7 Å². The van der Waals surface area contributed by atoms with Gasteiger partial charge in [-0.25, -0.2) is 9.97 Å². The van der Waals surface area contributed by atoms with Gasteiger partial charge in [0.05, 0.1) is 12.5 Å². The number of aromatic nitrogens is 2. The van der Waals surface area contributed by atoms with Gasteiger partial charge in [-0.05, 0) is 12.5 Å². The maximum absolute atomic E-state index is 11.6. The van der Waals surface area contributed by atoms with E-state index >= 15 is 0 Å². The fraction of sp³-hybridized carbons (Fsp3) is 0.455. The van der Waals surface area contributed by atoms with Crippen molar-refractivity contribution in [3.05, 3.63) is 24.3 Å². The fourth-order valence-corrected chi connectivity index (χ4v) is 1.85. The molecular weight excluding hydrogens is 222 g/mol. The van der Waals surface area contributed by atoms with Crippen LogP contribution in [0.25, 0.3) is 0 Å². The van der Waals surface area contributed by atoms with Crippen molar-refractivity contribution in [1.82, 2.24) is 14.9 Å². The van der Waals surface area contributed by atoms with Gasteiger partial charge in [0.15, 0.2) is 0 Å². The van der Waals surface area contributed by atoms with Gasteiger partial charge in [0, 0.05) is 25.4 Å². The second-order valence-corrected chi connectivity index (χ2v) is 4.01. The molecule has 0 spiro atoms. The Bertz CT molecular complexity index is 421. The van der Waals surface area contributed by atoms with Crippen LogP contribution in [0.15, 0.2) is 18.5 Å². The first-order valence-corrected chi connectivity index (χ1v) is 5.43. The molecule has 2 rings (SSSR count). The van der Waals surface area contributed by atoms with Crippen LogP contribution in [0.4, 0.5) is 0 Å². The molecule has 0 saturated carbocycles. The molecule has 1 aliphatic heterocycles. The Morgan fingerprint density at radius 2 is 2.18 bits per heavy atom. The van der Waals surface area contributed by atoms with E-state index in [0.717, 1.165) is 0 Å². The molecule has 1 aliphatic rings. The summed E-state index contributed by atoms with van der Waals surface area (Å²) in [4.78, 5) is 32.1. The first-order valence-electron chi connectivity index (χ1n) is 5.43. The highest BCUT2D eigenvalue weighted by atomic mass is 16.4. The minimum absolute atomic E-state index is 0.0325. The van der Waals surface area contributed by atoms with Crippen molar-refractivity contribution in [3.63, 3.8) is 0 Å². The van der Waals surface area contributed by atoms with Crippen LogP contribution in [0.5, 0.6) is 0 Å². The molecule has 0 aliphatic carbocycles. The average Bonchev–Trinajstić information content (AvgIpc) is 2.33. The summed E-state index contributed by atoms with van der Waals surface area (Å²) in [5, 5.41) is 8.94. The van der Waals surface area contributed by atoms with E-state index in [1.54, 1.807) is 18.5 Å². The lowest BCUT2D eigenvalue weighted by Crippen LogP contribution is -2.42. The fourth-order valence-electron chi connectivity index (χ4n) is 1.85. The number of rotatable bonds is 3. The normalized spacial score (nSPS) is 20.4. The number of amides is 1. The summed E-state index contributed by atoms with van der Waals surface area (Å²) in [6.45, 7) is 0.524. The molecule has 1 fully saturated rings. The molecule has 0 aromatic carbocycles. The third kappa shape index (κ3) is 2.77. The molecule has 0 bridgehead atoms. The lowest BCUT2D eigenvalue weighted by atomic mass is 9.98. The summed E-state index contributed by atoms with van der Waals surface area (Å²) >= 11 is 0. The first kappa shape index (κ1) is 11.5. The van der Waals surface area contributed by atoms with Crippen molar-refractivity contribution in [2.45, 2.75) is 19.4 Å². The van der Waals surface area contributed by atoms with Crippen molar-refractivity contribution in [2.75, 3.05) is 6.54 Å². The molecule has 1 N–H and O–H groups in total. The first-order chi connectivity index (χ1) is 8.16. The van der Waals surface area contributed by atoms with Gasteiger partial charge in [-0.2, -0.15) is 0 Å². The number of hydrogen-bond acceptors (Lipinski definition) is 4. The highest BCUT2D eigenvalue weighted by molar-refractivity contribution is 5.80. The third-order valence-electron chi connectivity index (χ3n) is 2.80. The van der Waals surface area contributed by atoms with Crippen LogP contribution < -0.4 is 0 Å². The van der Waals surface area contributed by atoms with Gasteiger partial charge < -0.3 is 10.0 Å². The highest BCUT2D eigenvalue weighted by Gasteiger charge is 2.30. The maximum atomic E-state index is 11.6. The van der Waals surface area contributed by atoms with E-state index in [1.165, 1.54) is 4.90 Å². The largest absolute Gasteiger partial charge is 0.481 e. The Labute approximate surface area is 98.3 Å². The number of carbonyl (C=O) groups excluding carboxylic acids is 1. The van der Waals surface area contributed by atoms with E-state index in [9.17, 15) is 9.59 Å². The smallest absolute Gasteiger partial charge is 0.308 e. The zero-order valence-corrected chi connectivity index (χ0v) is 9.24. The van der Waals surface area contributed by atoms with E-state index in [2.05, 4.69) is 9.97 Å². The van der Waals surface area contributed by atoms with Crippen molar-refractivity contribution >= 4 is 11.9 Å². The molecule has 6 nitrogen and oxygen atoms in total. The summed E-state index contributed by atoms with van der Waals surface area (Å²) in [6.07, 6.45) is 3.90. The van der Waals surface area contributed by atoms with Crippen LogP contribution in [-0.4, -0.2) is 38.4 Å². The summed E-state index contributed by atoms with van der Waals surface area (Å²) < 4.78 is 0. The van der Waals surface area contributed by atoms with Crippen LogP contribution >= 0.6 is 0 Å². The van der Waals surface area contributed by atoms with E-state index in [-0.39, 0.29) is 25.4 Å². The summed E-state index contributed by atoms with van der Waals surface area (Å²) in [7, 11) is 0. The third-order valence-corrected chi connectivity index (χ3v) is 2.80. The molecular formula is C11H13N3O3. The van der Waals surface area contributed by atoms with Crippen molar-refractivity contribution in [2.24, 2.45) is 5.92 Å². The predicted molar refractivity (Wildman–Crippen MR) is 57.8 cm³/mol. The molecule has 1 aromatic heterocycles. The van der Waals surface area contributed by atoms with Gasteiger partial charge in [-0.1, -0.05) is 0 Å². The Hall–Kier alpha value is -1.98. The van der Waals surface area contributed by atoms with E-state index in [4.69, 9.17) is 5.11 Å². The maximum Gasteiger partial charge on any atom is 0.308 e. The lowest BCUT2D eigenvalue weighted by molar-refractivity contribution is -0.147. The van der Waals surface area contributed by atoms with Gasteiger partial charge in [0.1, 0.15) is 5.82 Å². The van der Waals surface area contributed by atoms with Gasteiger partial charge in [0.2, 0.25) is 5.91 Å². The van der Waals surface area contributed by atoms with Crippen molar-refractivity contribution in [3.8, 4) is 0 Å². The number of nitrogens with zero attached hydrogens (tertiary/aromatic N) is 3. The van der Waals surface area contributed by atoms with Crippen LogP contribution in [-0.2, 0) is 16.1 Å². The molecule has 1 unspecified atom stereocenters. The Balaban J connectivity index is 2.04. The van der Waals surface area contributed by atoms with Crippen molar-refractivity contribution in [1.29, 1.82) is 0 Å². The highest BCUT2D eigenvalue weighted by Crippen LogP contribution is 2.18. The minimum atomic E-state index is -0.850. The molecule has 1 atom stereocenters. The van der Waals surface area contributed by atoms with Crippen molar-refractivity contribution < 1.29 is 14.7 Å². The topological polar surface area (TPSA) is 83.4 Å². The second-order valence-electron chi connectivity index (χ2n) is 4.01. The van der Waals surface area contributed by atoms with Crippen LogP contribution in [0.2, 0.25) is 0 Å². The second kappa shape index (κ2) is 4.90. The number of likely N-dealkylation sites (tertiary alicyclic amines) is 1. The zero-order chi connectivity index (χ0) is 12.3. The quantitative estimate of drug-likeness (QED) is 0.814. The summed E-state index contributed by atoms with van der Waals surface area (Å²) in [6, 6.07) is 1.70. The monoisotopic (exact) mass is 235 g/mol. The number of carbonyl (C=O) groups is 2. The predicted octanol–water partition coefficient (Wildman–Crippen LogP) is 0.300. The molecule has 1 saturated heterocycles. The number of piperidine rings is 1. The van der Waals surface area contributed by atoms with Crippen LogP contribution in [0.3, 0.4) is 0 Å². The molecule has 0 radical (unpaired) electrons. The van der Waals surface area contributed by atoms with Crippen LogP contribution in [0, 0.1) is 5.92 Å². The molecule has 2 heterocycles. The van der Waals surface area contributed by atoms with Gasteiger partial charge in [0.25, 0.3) is 0 Å². The standard InChI is InChI=1S/C11H13N3O3/c15-10-3-2-8(11(16)17)6-14(10)7-9-12-4-1-5-13-9/h1,4-5,8H,2-3,6-7H2,(H,16,17). The number of aliphatic carboxylic acids is 1. The summed E-state index contributed by atoms with van der Waals surface area (Å²) in [5.41, 5.74) is 0. The van der Waals surface area contributed by atoms with Gasteiger partial charge >= 0.3 is 5.97 Å². The Morgan fingerprint density at radius 1 is 1.47 bits per heavy atom. The summed E-state index contributed by atoms with van der Waals surface area (Å²) in [5.74, 6) is -0.824. The minimum Gasteiger partial charge on any atom is -0.481 e. The Morgan fingerprint density at radius 3 is 2.82 bits per heavy atom. The zero-order valence-electron chi connectivity index (χ0n) is 9.24. The molecule has 90 valence electrons. The number of carboxylic acid groups (broad SMARTS) is 1. The van der Waals surface area contributed by atoms with Gasteiger partial charge in [-0.15, -0.1) is 0 Å². The lowest BCUT2D eigenvalue weighted by Gasteiger charge is -2.29. The molecule has 1 amide bonds.